The molecule has 2 N–H and O–H groups in total. The molecular weight excluding hydrogens is 241 g/mol. The maximum Gasteiger partial charge on any atom is 0.129 e. The van der Waals surface area contributed by atoms with Crippen LogP contribution in [0.1, 0.15) is 31.2 Å². The summed E-state index contributed by atoms with van der Waals surface area (Å²) in [6.45, 7) is 0.486. The lowest BCUT2D eigenvalue weighted by Gasteiger charge is -2.26. The SMILES string of the molecule is OC1CCCC(NCc2ccc(Cl)cc2F)C1. The lowest BCUT2D eigenvalue weighted by Crippen LogP contribution is -2.35. The summed E-state index contributed by atoms with van der Waals surface area (Å²) in [4.78, 5) is 0. The first-order valence-corrected chi connectivity index (χ1v) is 6.38. The third kappa shape index (κ3) is 3.66. The third-order valence-electron chi connectivity index (χ3n) is 3.24. The smallest absolute Gasteiger partial charge is 0.129 e. The van der Waals surface area contributed by atoms with Crippen LogP contribution >= 0.6 is 11.6 Å². The summed E-state index contributed by atoms with van der Waals surface area (Å²) in [6, 6.07) is 5.00. The molecule has 1 aliphatic carbocycles. The number of aliphatic hydroxyl groups excluding tert-OH is 1. The Balaban J connectivity index is 1.88. The van der Waals surface area contributed by atoms with Gasteiger partial charge in [0.25, 0.3) is 0 Å². The first-order chi connectivity index (χ1) is 8.15. The third-order valence-corrected chi connectivity index (χ3v) is 3.48. The van der Waals surface area contributed by atoms with E-state index in [0.717, 1.165) is 25.7 Å². The molecule has 0 heterocycles. The molecular formula is C13H17ClFNO. The largest absolute Gasteiger partial charge is 0.393 e. The van der Waals surface area contributed by atoms with Crippen molar-refractivity contribution in [2.45, 2.75) is 44.4 Å². The molecule has 1 saturated carbocycles. The van der Waals surface area contributed by atoms with E-state index in [4.69, 9.17) is 11.6 Å². The van der Waals surface area contributed by atoms with Crippen LogP contribution in [0.2, 0.25) is 5.02 Å². The fourth-order valence-corrected chi connectivity index (χ4v) is 2.43. The van der Waals surface area contributed by atoms with E-state index < -0.39 is 0 Å². The first-order valence-electron chi connectivity index (χ1n) is 6.00. The Labute approximate surface area is 106 Å². The zero-order valence-electron chi connectivity index (χ0n) is 9.63. The Hall–Kier alpha value is -0.640. The summed E-state index contributed by atoms with van der Waals surface area (Å²) < 4.78 is 13.5. The maximum absolute atomic E-state index is 13.5. The molecule has 1 fully saturated rings. The van der Waals surface area contributed by atoms with Crippen LogP contribution in [0, 0.1) is 5.82 Å². The van der Waals surface area contributed by atoms with E-state index >= 15 is 0 Å². The summed E-state index contributed by atoms with van der Waals surface area (Å²) in [6.07, 6.45) is 3.51. The minimum atomic E-state index is -0.277. The number of rotatable bonds is 3. The second kappa shape index (κ2) is 5.80. The Kier molecular flexibility index (Phi) is 4.37. The lowest BCUT2D eigenvalue weighted by molar-refractivity contribution is 0.111. The zero-order chi connectivity index (χ0) is 12.3. The molecule has 0 amide bonds. The van der Waals surface area contributed by atoms with Gasteiger partial charge in [0.1, 0.15) is 5.82 Å². The van der Waals surface area contributed by atoms with E-state index in [0.29, 0.717) is 17.1 Å². The molecule has 1 aromatic carbocycles. The van der Waals surface area contributed by atoms with E-state index in [9.17, 15) is 9.50 Å². The molecule has 2 nitrogen and oxygen atoms in total. The number of aliphatic hydroxyl groups is 1. The molecule has 17 heavy (non-hydrogen) atoms. The van der Waals surface area contributed by atoms with Gasteiger partial charge in [0.05, 0.1) is 6.10 Å². The average molecular weight is 258 g/mol. The number of nitrogens with one attached hydrogen (secondary N) is 1. The Morgan fingerprint density at radius 2 is 2.24 bits per heavy atom. The van der Waals surface area contributed by atoms with Gasteiger partial charge >= 0.3 is 0 Å². The number of hydrogen-bond donors (Lipinski definition) is 2. The number of benzene rings is 1. The van der Waals surface area contributed by atoms with Crippen molar-refractivity contribution in [3.8, 4) is 0 Å². The maximum atomic E-state index is 13.5. The summed E-state index contributed by atoms with van der Waals surface area (Å²) >= 11 is 5.69. The van der Waals surface area contributed by atoms with Crippen LogP contribution in [-0.4, -0.2) is 17.3 Å². The molecule has 0 aromatic heterocycles. The summed E-state index contributed by atoms with van der Waals surface area (Å²) in [5.41, 5.74) is 0.620. The van der Waals surface area contributed by atoms with Crippen molar-refractivity contribution >= 4 is 11.6 Å². The van der Waals surface area contributed by atoms with E-state index in [1.54, 1.807) is 12.1 Å². The fourth-order valence-electron chi connectivity index (χ4n) is 2.27. The highest BCUT2D eigenvalue weighted by atomic mass is 35.5. The molecule has 0 radical (unpaired) electrons. The molecule has 94 valence electrons. The van der Waals surface area contributed by atoms with Crippen molar-refractivity contribution in [3.05, 3.63) is 34.6 Å². The van der Waals surface area contributed by atoms with Crippen LogP contribution in [0.3, 0.4) is 0 Å². The van der Waals surface area contributed by atoms with Crippen LogP contribution in [0.5, 0.6) is 0 Å². The normalized spacial score (nSPS) is 24.9. The molecule has 2 unspecified atom stereocenters. The van der Waals surface area contributed by atoms with Crippen LogP contribution < -0.4 is 5.32 Å². The van der Waals surface area contributed by atoms with Crippen LogP contribution in [0.4, 0.5) is 4.39 Å². The van der Waals surface area contributed by atoms with Crippen molar-refractivity contribution in [2.75, 3.05) is 0 Å². The van der Waals surface area contributed by atoms with Gasteiger partial charge in [0.2, 0.25) is 0 Å². The van der Waals surface area contributed by atoms with Gasteiger partial charge < -0.3 is 10.4 Å². The van der Waals surface area contributed by atoms with Crippen LogP contribution in [-0.2, 0) is 6.54 Å². The van der Waals surface area contributed by atoms with Crippen LogP contribution in [0.15, 0.2) is 18.2 Å². The van der Waals surface area contributed by atoms with Crippen molar-refractivity contribution < 1.29 is 9.50 Å². The molecule has 1 aromatic rings. The van der Waals surface area contributed by atoms with Gasteiger partial charge in [-0.1, -0.05) is 17.7 Å². The lowest BCUT2D eigenvalue weighted by atomic mass is 9.93. The topological polar surface area (TPSA) is 32.3 Å². The summed E-state index contributed by atoms with van der Waals surface area (Å²) in [7, 11) is 0. The molecule has 4 heteroatoms. The zero-order valence-corrected chi connectivity index (χ0v) is 10.4. The first kappa shape index (κ1) is 12.8. The quantitative estimate of drug-likeness (QED) is 0.873. The average Bonchev–Trinajstić information content (AvgIpc) is 2.28. The highest BCUT2D eigenvalue weighted by Gasteiger charge is 2.19. The van der Waals surface area contributed by atoms with Crippen molar-refractivity contribution in [1.82, 2.24) is 5.32 Å². The molecule has 2 atom stereocenters. The Morgan fingerprint density at radius 1 is 1.41 bits per heavy atom. The molecule has 0 aliphatic heterocycles. The fraction of sp³-hybridized carbons (Fsp3) is 0.538. The number of halogens is 2. The second-order valence-electron chi connectivity index (χ2n) is 4.63. The molecule has 2 rings (SSSR count). The Bertz CT molecular complexity index is 386. The minimum absolute atomic E-state index is 0.212. The van der Waals surface area contributed by atoms with Gasteiger partial charge in [0.15, 0.2) is 0 Å². The Morgan fingerprint density at radius 3 is 2.94 bits per heavy atom. The van der Waals surface area contributed by atoms with Gasteiger partial charge in [-0.05, 0) is 37.8 Å². The highest BCUT2D eigenvalue weighted by molar-refractivity contribution is 6.30. The van der Waals surface area contributed by atoms with E-state index in [1.165, 1.54) is 6.07 Å². The van der Waals surface area contributed by atoms with E-state index in [2.05, 4.69) is 5.32 Å². The summed E-state index contributed by atoms with van der Waals surface area (Å²) in [5, 5.41) is 13.2. The monoisotopic (exact) mass is 257 g/mol. The van der Waals surface area contributed by atoms with E-state index in [-0.39, 0.29) is 18.0 Å². The highest BCUT2D eigenvalue weighted by Crippen LogP contribution is 2.19. The van der Waals surface area contributed by atoms with Gasteiger partial charge in [-0.3, -0.25) is 0 Å². The van der Waals surface area contributed by atoms with Crippen molar-refractivity contribution in [2.24, 2.45) is 0 Å². The molecule has 0 spiro atoms. The molecule has 0 saturated heterocycles. The predicted octanol–water partition coefficient (Wildman–Crippen LogP) is 2.87. The van der Waals surface area contributed by atoms with Gasteiger partial charge in [0, 0.05) is 23.2 Å². The van der Waals surface area contributed by atoms with Crippen LogP contribution in [0.25, 0.3) is 0 Å². The van der Waals surface area contributed by atoms with Gasteiger partial charge in [-0.25, -0.2) is 4.39 Å². The molecule has 0 bridgehead atoms. The van der Waals surface area contributed by atoms with Crippen molar-refractivity contribution in [1.29, 1.82) is 0 Å². The predicted molar refractivity (Wildman–Crippen MR) is 66.5 cm³/mol. The molecule has 1 aliphatic rings. The minimum Gasteiger partial charge on any atom is -0.393 e. The van der Waals surface area contributed by atoms with Crippen molar-refractivity contribution in [3.63, 3.8) is 0 Å². The van der Waals surface area contributed by atoms with E-state index in [1.807, 2.05) is 0 Å². The van der Waals surface area contributed by atoms with Gasteiger partial charge in [-0.15, -0.1) is 0 Å². The summed E-state index contributed by atoms with van der Waals surface area (Å²) in [5.74, 6) is -0.277. The second-order valence-corrected chi connectivity index (χ2v) is 5.07. The number of hydrogen-bond acceptors (Lipinski definition) is 2. The standard InChI is InChI=1S/C13H17ClFNO/c14-10-5-4-9(13(15)6-10)8-16-11-2-1-3-12(17)7-11/h4-6,11-12,16-17H,1-3,7-8H2. The van der Waals surface area contributed by atoms with Gasteiger partial charge in [-0.2, -0.15) is 0 Å².